The minimum absolute atomic E-state index is 0.730. The third-order valence-corrected chi connectivity index (χ3v) is 1.72. The molecule has 0 aliphatic rings. The van der Waals surface area contributed by atoms with Gasteiger partial charge in [0.15, 0.2) is 0 Å². The van der Waals surface area contributed by atoms with E-state index >= 15 is 0 Å². The SMILES string of the molecule is [CH2]CCc1ccccc1OCC. The average Bonchev–Trinajstić information content (AvgIpc) is 2.09. The fourth-order valence-electron chi connectivity index (χ4n) is 1.20. The minimum atomic E-state index is 0.730. The fraction of sp³-hybridized carbons (Fsp3) is 0.364. The van der Waals surface area contributed by atoms with Gasteiger partial charge >= 0.3 is 0 Å². The number of rotatable bonds is 4. The smallest absolute Gasteiger partial charge is 0.122 e. The Balaban J connectivity index is 2.77. The van der Waals surface area contributed by atoms with Crippen LogP contribution in [0.4, 0.5) is 0 Å². The lowest BCUT2D eigenvalue weighted by Crippen LogP contribution is -1.95. The highest BCUT2D eigenvalue weighted by molar-refractivity contribution is 5.33. The summed E-state index contributed by atoms with van der Waals surface area (Å²) in [6.45, 7) is 6.56. The van der Waals surface area contributed by atoms with E-state index < -0.39 is 0 Å². The van der Waals surface area contributed by atoms with Gasteiger partial charge in [0.1, 0.15) is 5.75 Å². The standard InChI is InChI=1S/C11H15O/c1-3-7-10-8-5-6-9-11(10)12-4-2/h5-6,8-9H,1,3-4,7H2,2H3. The van der Waals surface area contributed by atoms with Gasteiger partial charge in [0.05, 0.1) is 6.61 Å². The first-order valence-electron chi connectivity index (χ1n) is 4.38. The summed E-state index contributed by atoms with van der Waals surface area (Å²) >= 11 is 0. The summed E-state index contributed by atoms with van der Waals surface area (Å²) in [6.07, 6.45) is 1.92. The molecule has 1 radical (unpaired) electrons. The summed E-state index contributed by atoms with van der Waals surface area (Å²) in [6, 6.07) is 8.13. The highest BCUT2D eigenvalue weighted by Crippen LogP contribution is 2.18. The number of benzene rings is 1. The van der Waals surface area contributed by atoms with Gasteiger partial charge < -0.3 is 4.74 Å². The first kappa shape index (κ1) is 9.11. The number of hydrogen-bond acceptors (Lipinski definition) is 1. The summed E-state index contributed by atoms with van der Waals surface area (Å²) in [5.41, 5.74) is 1.26. The lowest BCUT2D eigenvalue weighted by Gasteiger charge is -2.08. The molecule has 0 unspecified atom stereocenters. The van der Waals surface area contributed by atoms with Crippen molar-refractivity contribution < 1.29 is 4.74 Å². The third-order valence-electron chi connectivity index (χ3n) is 1.72. The van der Waals surface area contributed by atoms with Crippen LogP contribution in [0, 0.1) is 6.92 Å². The summed E-state index contributed by atoms with van der Waals surface area (Å²) < 4.78 is 5.46. The monoisotopic (exact) mass is 163 g/mol. The molecule has 0 heterocycles. The maximum atomic E-state index is 5.46. The van der Waals surface area contributed by atoms with Crippen molar-refractivity contribution >= 4 is 0 Å². The van der Waals surface area contributed by atoms with Crippen LogP contribution in [-0.4, -0.2) is 6.61 Å². The van der Waals surface area contributed by atoms with Gasteiger partial charge in [-0.15, -0.1) is 0 Å². The van der Waals surface area contributed by atoms with E-state index in [4.69, 9.17) is 4.74 Å². The largest absolute Gasteiger partial charge is 0.494 e. The highest BCUT2D eigenvalue weighted by Gasteiger charge is 1.99. The molecule has 1 aromatic rings. The molecule has 0 bridgehead atoms. The van der Waals surface area contributed by atoms with Gasteiger partial charge in [-0.05, 0) is 31.4 Å². The van der Waals surface area contributed by atoms with Crippen LogP contribution in [-0.2, 0) is 6.42 Å². The van der Waals surface area contributed by atoms with Crippen molar-refractivity contribution in [2.75, 3.05) is 6.61 Å². The van der Waals surface area contributed by atoms with Crippen LogP contribution in [0.25, 0.3) is 0 Å². The van der Waals surface area contributed by atoms with Crippen LogP contribution >= 0.6 is 0 Å². The quantitative estimate of drug-likeness (QED) is 0.663. The molecular formula is C11H15O. The predicted octanol–water partition coefficient (Wildman–Crippen LogP) is 2.85. The zero-order valence-electron chi connectivity index (χ0n) is 7.55. The van der Waals surface area contributed by atoms with Gasteiger partial charge in [-0.25, -0.2) is 0 Å². The van der Waals surface area contributed by atoms with Gasteiger partial charge in [-0.2, -0.15) is 0 Å². The summed E-state index contributed by atoms with van der Waals surface area (Å²) in [5.74, 6) is 1.00. The lowest BCUT2D eigenvalue weighted by atomic mass is 10.1. The van der Waals surface area contributed by atoms with Crippen LogP contribution in [0.3, 0.4) is 0 Å². The molecule has 0 spiro atoms. The number of para-hydroxylation sites is 1. The van der Waals surface area contributed by atoms with E-state index in [-0.39, 0.29) is 0 Å². The highest BCUT2D eigenvalue weighted by atomic mass is 16.5. The second-order valence-corrected chi connectivity index (χ2v) is 2.64. The average molecular weight is 163 g/mol. The van der Waals surface area contributed by atoms with Crippen LogP contribution in [0.2, 0.25) is 0 Å². The Morgan fingerprint density at radius 1 is 1.33 bits per heavy atom. The second kappa shape index (κ2) is 4.81. The van der Waals surface area contributed by atoms with Gasteiger partial charge in [0.25, 0.3) is 0 Å². The molecule has 0 amide bonds. The van der Waals surface area contributed by atoms with Crippen molar-refractivity contribution in [3.63, 3.8) is 0 Å². The molecule has 0 saturated carbocycles. The molecule has 12 heavy (non-hydrogen) atoms. The molecule has 0 saturated heterocycles. The third kappa shape index (κ3) is 2.26. The van der Waals surface area contributed by atoms with Crippen molar-refractivity contribution in [1.82, 2.24) is 0 Å². The number of hydrogen-bond donors (Lipinski definition) is 0. The maximum Gasteiger partial charge on any atom is 0.122 e. The molecule has 1 aromatic carbocycles. The Labute approximate surface area is 74.4 Å². The molecule has 1 heteroatoms. The van der Waals surface area contributed by atoms with E-state index in [1.54, 1.807) is 0 Å². The minimum Gasteiger partial charge on any atom is -0.494 e. The van der Waals surface area contributed by atoms with Gasteiger partial charge in [-0.1, -0.05) is 25.1 Å². The normalized spacial score (nSPS) is 9.83. The van der Waals surface area contributed by atoms with Crippen LogP contribution in [0.1, 0.15) is 18.9 Å². The maximum absolute atomic E-state index is 5.46. The number of ether oxygens (including phenoxy) is 1. The second-order valence-electron chi connectivity index (χ2n) is 2.64. The molecular weight excluding hydrogens is 148 g/mol. The van der Waals surface area contributed by atoms with E-state index in [1.165, 1.54) is 5.56 Å². The van der Waals surface area contributed by atoms with E-state index in [0.29, 0.717) is 0 Å². The number of aryl methyl sites for hydroxylation is 1. The first-order chi connectivity index (χ1) is 5.88. The van der Waals surface area contributed by atoms with Crippen molar-refractivity contribution in [2.45, 2.75) is 19.8 Å². The summed E-state index contributed by atoms with van der Waals surface area (Å²) in [4.78, 5) is 0. The lowest BCUT2D eigenvalue weighted by molar-refractivity contribution is 0.336. The van der Waals surface area contributed by atoms with Gasteiger partial charge in [0.2, 0.25) is 0 Å². The molecule has 0 atom stereocenters. The fourth-order valence-corrected chi connectivity index (χ4v) is 1.20. The molecule has 0 fully saturated rings. The molecule has 1 nitrogen and oxygen atoms in total. The van der Waals surface area contributed by atoms with Crippen molar-refractivity contribution in [3.05, 3.63) is 36.8 Å². The molecule has 1 rings (SSSR count). The van der Waals surface area contributed by atoms with Crippen molar-refractivity contribution in [3.8, 4) is 5.75 Å². The molecule has 0 N–H and O–H groups in total. The molecule has 0 aromatic heterocycles. The predicted molar refractivity (Wildman–Crippen MR) is 51.3 cm³/mol. The summed E-state index contributed by atoms with van der Waals surface area (Å²) in [7, 11) is 0. The Hall–Kier alpha value is -0.980. The zero-order chi connectivity index (χ0) is 8.81. The Kier molecular flexibility index (Phi) is 3.65. The van der Waals surface area contributed by atoms with Crippen molar-refractivity contribution in [1.29, 1.82) is 0 Å². The Morgan fingerprint density at radius 2 is 2.08 bits per heavy atom. The van der Waals surface area contributed by atoms with Gasteiger partial charge in [0, 0.05) is 0 Å². The molecule has 0 aliphatic carbocycles. The van der Waals surface area contributed by atoms with E-state index in [9.17, 15) is 0 Å². The first-order valence-corrected chi connectivity index (χ1v) is 4.38. The molecule has 65 valence electrons. The van der Waals surface area contributed by atoms with Crippen LogP contribution in [0.5, 0.6) is 5.75 Å². The zero-order valence-corrected chi connectivity index (χ0v) is 7.55. The topological polar surface area (TPSA) is 9.23 Å². The van der Waals surface area contributed by atoms with E-state index in [1.807, 2.05) is 25.1 Å². The summed E-state index contributed by atoms with van der Waals surface area (Å²) in [5, 5.41) is 0. The van der Waals surface area contributed by atoms with Crippen LogP contribution in [0.15, 0.2) is 24.3 Å². The van der Waals surface area contributed by atoms with E-state index in [0.717, 1.165) is 25.2 Å². The van der Waals surface area contributed by atoms with Crippen molar-refractivity contribution in [2.24, 2.45) is 0 Å². The Morgan fingerprint density at radius 3 is 2.75 bits per heavy atom. The molecule has 0 aliphatic heterocycles. The van der Waals surface area contributed by atoms with E-state index in [2.05, 4.69) is 13.0 Å². The Bertz CT molecular complexity index is 205. The van der Waals surface area contributed by atoms with Crippen LogP contribution < -0.4 is 4.74 Å². The van der Waals surface area contributed by atoms with Gasteiger partial charge in [-0.3, -0.25) is 0 Å².